The van der Waals surface area contributed by atoms with Crippen LogP contribution < -0.4 is 14.8 Å². The summed E-state index contributed by atoms with van der Waals surface area (Å²) in [5.74, 6) is -1.21. The van der Waals surface area contributed by atoms with Crippen molar-refractivity contribution >= 4 is 17.7 Å². The molecule has 1 amide bonds. The molecule has 0 bridgehead atoms. The first kappa shape index (κ1) is 21.8. The maximum atomic E-state index is 13.4. The van der Waals surface area contributed by atoms with Crippen LogP contribution in [0.25, 0.3) is 11.3 Å². The van der Waals surface area contributed by atoms with Crippen LogP contribution in [0.1, 0.15) is 42.7 Å². The summed E-state index contributed by atoms with van der Waals surface area (Å²) in [4.78, 5) is 29.3. The van der Waals surface area contributed by atoms with Gasteiger partial charge < -0.3 is 19.9 Å². The van der Waals surface area contributed by atoms with Gasteiger partial charge in [-0.15, -0.1) is 8.78 Å². The number of carboxylic acid groups (broad SMARTS) is 1. The highest BCUT2D eigenvalue weighted by Gasteiger charge is 2.53. The lowest BCUT2D eigenvalue weighted by atomic mass is 9.94. The molecule has 2 heterocycles. The standard InChI is InChI=1S/C25H20F2N2O5.2H2/c1-13-6-9-20(28-21(13)16-4-3-5-17(14(16)2)22(30)31)29-23(32)24(10-11-24)15-7-8-18-19(12-15)34-25(26,27)33-18;;/h3-9,12H,10-11H2,1-2H3,(H,30,31)(H,28,29,32);2*1H. The Hall–Kier alpha value is -4.01. The van der Waals surface area contributed by atoms with Crippen LogP contribution in [0, 0.1) is 13.8 Å². The molecule has 0 spiro atoms. The lowest BCUT2D eigenvalue weighted by Gasteiger charge is -2.17. The van der Waals surface area contributed by atoms with Gasteiger partial charge in [0, 0.05) is 8.42 Å². The van der Waals surface area contributed by atoms with Gasteiger partial charge in [0.1, 0.15) is 5.82 Å². The van der Waals surface area contributed by atoms with Gasteiger partial charge in [-0.05, 0) is 67.6 Å². The number of aromatic nitrogens is 1. The number of carbonyl (C=O) groups is 2. The molecule has 0 saturated heterocycles. The second-order valence-electron chi connectivity index (χ2n) is 8.51. The van der Waals surface area contributed by atoms with E-state index < -0.39 is 17.7 Å². The van der Waals surface area contributed by atoms with E-state index in [4.69, 9.17) is 0 Å². The number of nitrogens with one attached hydrogen (secondary N) is 1. The summed E-state index contributed by atoms with van der Waals surface area (Å²) in [5.41, 5.74) is 2.48. The monoisotopic (exact) mass is 470 g/mol. The number of fused-ring (bicyclic) bond motifs is 1. The van der Waals surface area contributed by atoms with Crippen LogP contribution in [-0.4, -0.2) is 28.3 Å². The molecule has 7 nitrogen and oxygen atoms in total. The molecule has 9 heteroatoms. The Labute approximate surface area is 196 Å². The number of benzene rings is 2. The zero-order valence-corrected chi connectivity index (χ0v) is 18.3. The number of carboxylic acids is 1. The Morgan fingerprint density at radius 3 is 2.50 bits per heavy atom. The van der Waals surface area contributed by atoms with Crippen LogP contribution in [-0.2, 0) is 10.2 Å². The molecular weight excluding hydrogens is 446 g/mol. The molecule has 2 aliphatic rings. The molecule has 2 N–H and O–H groups in total. The van der Waals surface area contributed by atoms with Gasteiger partial charge in [0.2, 0.25) is 5.91 Å². The number of aromatic carboxylic acids is 1. The number of halogens is 2. The number of alkyl halides is 2. The molecule has 0 unspecified atom stereocenters. The second-order valence-corrected chi connectivity index (χ2v) is 8.51. The summed E-state index contributed by atoms with van der Waals surface area (Å²) in [6.07, 6.45) is -2.63. The van der Waals surface area contributed by atoms with Crippen molar-refractivity contribution in [1.29, 1.82) is 0 Å². The average molecular weight is 470 g/mol. The number of amides is 1. The van der Waals surface area contributed by atoms with Crippen LogP contribution in [0.4, 0.5) is 14.6 Å². The molecule has 5 rings (SSSR count). The lowest BCUT2D eigenvalue weighted by molar-refractivity contribution is -0.286. The number of pyridine rings is 1. The van der Waals surface area contributed by atoms with E-state index in [1.807, 2.05) is 6.92 Å². The molecule has 1 aromatic heterocycles. The Kier molecular flexibility index (Phi) is 4.82. The maximum Gasteiger partial charge on any atom is 0.586 e. The largest absolute Gasteiger partial charge is 0.586 e. The third-order valence-electron chi connectivity index (χ3n) is 6.30. The van der Waals surface area contributed by atoms with Crippen molar-refractivity contribution in [2.45, 2.75) is 38.4 Å². The van der Waals surface area contributed by atoms with E-state index >= 15 is 0 Å². The predicted molar refractivity (Wildman–Crippen MR) is 123 cm³/mol. The average Bonchev–Trinajstić information content (AvgIpc) is 3.52. The van der Waals surface area contributed by atoms with Crippen molar-refractivity contribution in [2.75, 3.05) is 5.32 Å². The number of carbonyl (C=O) groups excluding carboxylic acids is 1. The molecule has 34 heavy (non-hydrogen) atoms. The summed E-state index contributed by atoms with van der Waals surface area (Å²) in [6.45, 7) is 3.57. The third kappa shape index (κ3) is 3.63. The summed E-state index contributed by atoms with van der Waals surface area (Å²) in [7, 11) is 0. The minimum Gasteiger partial charge on any atom is -0.478 e. The molecule has 1 fully saturated rings. The molecule has 1 saturated carbocycles. The number of aryl methyl sites for hydroxylation is 1. The highest BCUT2D eigenvalue weighted by Crippen LogP contribution is 2.52. The van der Waals surface area contributed by atoms with E-state index in [1.165, 1.54) is 18.2 Å². The highest BCUT2D eigenvalue weighted by atomic mass is 19.3. The van der Waals surface area contributed by atoms with Crippen molar-refractivity contribution in [3.05, 3.63) is 70.8 Å². The van der Waals surface area contributed by atoms with Crippen molar-refractivity contribution in [1.82, 2.24) is 4.98 Å². The first-order chi connectivity index (χ1) is 16.1. The Morgan fingerprint density at radius 2 is 1.79 bits per heavy atom. The fourth-order valence-corrected chi connectivity index (χ4v) is 4.25. The van der Waals surface area contributed by atoms with Gasteiger partial charge in [0.25, 0.3) is 0 Å². The quantitative estimate of drug-likeness (QED) is 0.508. The third-order valence-corrected chi connectivity index (χ3v) is 6.30. The van der Waals surface area contributed by atoms with E-state index in [0.29, 0.717) is 41.0 Å². The first-order valence-electron chi connectivity index (χ1n) is 10.6. The number of hydrogen-bond donors (Lipinski definition) is 2. The van der Waals surface area contributed by atoms with Gasteiger partial charge in [0.15, 0.2) is 11.5 Å². The SMILES string of the molecule is Cc1ccc(NC(=O)C2(c3ccc4c(c3)OC(F)(F)O4)CC2)nc1-c1cccc(C(=O)O)c1C.[HH].[HH]. The van der Waals surface area contributed by atoms with E-state index in [0.717, 1.165) is 5.56 Å². The summed E-state index contributed by atoms with van der Waals surface area (Å²) >= 11 is 0. The normalized spacial score (nSPS) is 16.7. The molecule has 178 valence electrons. The maximum absolute atomic E-state index is 13.4. The smallest absolute Gasteiger partial charge is 0.478 e. The summed E-state index contributed by atoms with van der Waals surface area (Å²) in [5, 5.41) is 12.3. The van der Waals surface area contributed by atoms with Gasteiger partial charge in [-0.25, -0.2) is 9.78 Å². The molecule has 1 aliphatic carbocycles. The van der Waals surface area contributed by atoms with E-state index in [1.54, 1.807) is 37.3 Å². The molecule has 0 atom stereocenters. The fourth-order valence-electron chi connectivity index (χ4n) is 4.25. The second kappa shape index (κ2) is 7.51. The molecule has 1 aliphatic heterocycles. The van der Waals surface area contributed by atoms with Gasteiger partial charge >= 0.3 is 12.3 Å². The van der Waals surface area contributed by atoms with Crippen LogP contribution >= 0.6 is 0 Å². The van der Waals surface area contributed by atoms with Crippen molar-refractivity contribution in [2.24, 2.45) is 0 Å². The van der Waals surface area contributed by atoms with E-state index in [2.05, 4.69) is 19.8 Å². The molecule has 3 aromatic rings. The van der Waals surface area contributed by atoms with Crippen LogP contribution in [0.3, 0.4) is 0 Å². The zero-order valence-electron chi connectivity index (χ0n) is 18.3. The topological polar surface area (TPSA) is 97.8 Å². The predicted octanol–water partition coefficient (Wildman–Crippen LogP) is 5.55. The van der Waals surface area contributed by atoms with Crippen molar-refractivity contribution in [3.63, 3.8) is 0 Å². The number of ether oxygens (including phenoxy) is 2. The minimum atomic E-state index is -3.72. The van der Waals surface area contributed by atoms with Gasteiger partial charge in [-0.3, -0.25) is 4.79 Å². The Bertz CT molecular complexity index is 1360. The van der Waals surface area contributed by atoms with Gasteiger partial charge in [-0.2, -0.15) is 0 Å². The number of rotatable bonds is 5. The van der Waals surface area contributed by atoms with Gasteiger partial charge in [-0.1, -0.05) is 24.3 Å². The van der Waals surface area contributed by atoms with Crippen LogP contribution in [0.15, 0.2) is 48.5 Å². The van der Waals surface area contributed by atoms with Crippen molar-refractivity contribution in [3.8, 4) is 22.8 Å². The molecule has 0 radical (unpaired) electrons. The summed E-state index contributed by atoms with van der Waals surface area (Å²) in [6, 6.07) is 12.8. The van der Waals surface area contributed by atoms with Crippen LogP contribution in [0.5, 0.6) is 11.5 Å². The fraction of sp³-hybridized carbons (Fsp3) is 0.240. The number of hydrogen-bond acceptors (Lipinski definition) is 5. The number of anilines is 1. The number of nitrogens with zero attached hydrogens (tertiary/aromatic N) is 1. The Balaban J connectivity index is 0.00000180. The first-order valence-corrected chi connectivity index (χ1v) is 10.6. The van der Waals surface area contributed by atoms with E-state index in [9.17, 15) is 23.5 Å². The lowest BCUT2D eigenvalue weighted by Crippen LogP contribution is -2.28. The Morgan fingerprint density at radius 1 is 1.06 bits per heavy atom. The van der Waals surface area contributed by atoms with E-state index in [-0.39, 0.29) is 25.8 Å². The van der Waals surface area contributed by atoms with Gasteiger partial charge in [0.05, 0.1) is 16.7 Å². The molecule has 2 aromatic carbocycles. The summed E-state index contributed by atoms with van der Waals surface area (Å²) < 4.78 is 35.7. The minimum absolute atomic E-state index is 0. The molecular formula is C25H24F2N2O5. The van der Waals surface area contributed by atoms with Crippen LogP contribution in [0.2, 0.25) is 0 Å². The highest BCUT2D eigenvalue weighted by molar-refractivity contribution is 6.01. The van der Waals surface area contributed by atoms with Crippen molar-refractivity contribution < 1.29 is 35.8 Å². The zero-order chi connectivity index (χ0) is 24.3.